The van der Waals surface area contributed by atoms with E-state index in [0.29, 0.717) is 13.0 Å². The van der Waals surface area contributed by atoms with Gasteiger partial charge in [0.05, 0.1) is 12.1 Å². The molecule has 0 aliphatic carbocycles. The maximum atomic E-state index is 12.0. The van der Waals surface area contributed by atoms with E-state index in [1.807, 2.05) is 27.7 Å². The number of amides is 1. The van der Waals surface area contributed by atoms with Gasteiger partial charge in [-0.3, -0.25) is 4.79 Å². The molecule has 0 aromatic heterocycles. The zero-order valence-corrected chi connectivity index (χ0v) is 10.0. The van der Waals surface area contributed by atoms with Crippen LogP contribution < -0.4 is 5.73 Å². The Bertz CT molecular complexity index is 247. The van der Waals surface area contributed by atoms with Crippen molar-refractivity contribution in [1.82, 2.24) is 4.90 Å². The van der Waals surface area contributed by atoms with Gasteiger partial charge >= 0.3 is 0 Å². The van der Waals surface area contributed by atoms with Crippen molar-refractivity contribution >= 4 is 5.91 Å². The minimum absolute atomic E-state index is 0.0495. The molecule has 1 heterocycles. The summed E-state index contributed by atoms with van der Waals surface area (Å²) in [5, 5.41) is 9.47. The third-order valence-electron chi connectivity index (χ3n) is 3.03. The van der Waals surface area contributed by atoms with E-state index < -0.39 is 12.1 Å². The molecular weight excluding hydrogens is 192 g/mol. The number of hydrogen-bond donors (Lipinski definition) is 2. The van der Waals surface area contributed by atoms with Crippen molar-refractivity contribution in [3.05, 3.63) is 0 Å². The van der Waals surface area contributed by atoms with Crippen molar-refractivity contribution in [2.75, 3.05) is 6.54 Å². The molecule has 3 atom stereocenters. The summed E-state index contributed by atoms with van der Waals surface area (Å²) >= 11 is 0. The highest BCUT2D eigenvalue weighted by atomic mass is 16.3. The molecule has 88 valence electrons. The Balaban J connectivity index is 2.69. The van der Waals surface area contributed by atoms with E-state index in [0.717, 1.165) is 0 Å². The van der Waals surface area contributed by atoms with Gasteiger partial charge in [-0.1, -0.05) is 20.8 Å². The van der Waals surface area contributed by atoms with Gasteiger partial charge in [0.2, 0.25) is 5.91 Å². The van der Waals surface area contributed by atoms with Crippen molar-refractivity contribution in [1.29, 1.82) is 0 Å². The maximum Gasteiger partial charge on any atom is 0.240 e. The summed E-state index contributed by atoms with van der Waals surface area (Å²) in [5.74, 6) is -0.0495. The Morgan fingerprint density at radius 1 is 1.53 bits per heavy atom. The van der Waals surface area contributed by atoms with Crippen molar-refractivity contribution < 1.29 is 9.90 Å². The number of nitrogens with zero attached hydrogens (tertiary/aromatic N) is 1. The van der Waals surface area contributed by atoms with Gasteiger partial charge in [-0.2, -0.15) is 0 Å². The first-order valence-corrected chi connectivity index (χ1v) is 5.47. The predicted molar refractivity (Wildman–Crippen MR) is 59.2 cm³/mol. The molecule has 4 nitrogen and oxygen atoms in total. The van der Waals surface area contributed by atoms with Gasteiger partial charge in [0.1, 0.15) is 0 Å². The SMILES string of the molecule is CC1CC(O)CN1C(=O)C(N)C(C)(C)C. The van der Waals surface area contributed by atoms with E-state index >= 15 is 0 Å². The third kappa shape index (κ3) is 2.69. The molecule has 0 bridgehead atoms. The number of aliphatic hydroxyl groups excluding tert-OH is 1. The van der Waals surface area contributed by atoms with Crippen LogP contribution in [0.4, 0.5) is 0 Å². The first-order chi connectivity index (χ1) is 6.73. The second kappa shape index (κ2) is 4.10. The number of likely N-dealkylation sites (tertiary alicyclic amines) is 1. The summed E-state index contributed by atoms with van der Waals surface area (Å²) < 4.78 is 0. The van der Waals surface area contributed by atoms with Crippen molar-refractivity contribution in [3.63, 3.8) is 0 Å². The fourth-order valence-corrected chi connectivity index (χ4v) is 1.86. The monoisotopic (exact) mass is 214 g/mol. The molecule has 1 saturated heterocycles. The first kappa shape index (κ1) is 12.5. The number of nitrogens with two attached hydrogens (primary N) is 1. The first-order valence-electron chi connectivity index (χ1n) is 5.47. The Hall–Kier alpha value is -0.610. The van der Waals surface area contributed by atoms with E-state index in [9.17, 15) is 9.90 Å². The summed E-state index contributed by atoms with van der Waals surface area (Å²) in [6.45, 7) is 8.22. The topological polar surface area (TPSA) is 66.6 Å². The largest absolute Gasteiger partial charge is 0.391 e. The zero-order valence-electron chi connectivity index (χ0n) is 10.0. The fourth-order valence-electron chi connectivity index (χ4n) is 1.86. The van der Waals surface area contributed by atoms with Gasteiger partial charge in [-0.25, -0.2) is 0 Å². The Kier molecular flexibility index (Phi) is 3.41. The molecular formula is C11H22N2O2. The highest BCUT2D eigenvalue weighted by Crippen LogP contribution is 2.24. The molecule has 0 aromatic rings. The van der Waals surface area contributed by atoms with E-state index in [2.05, 4.69) is 0 Å². The van der Waals surface area contributed by atoms with Crippen LogP contribution in [0.25, 0.3) is 0 Å². The van der Waals surface area contributed by atoms with Crippen LogP contribution in [0.1, 0.15) is 34.1 Å². The van der Waals surface area contributed by atoms with Gasteiger partial charge < -0.3 is 15.7 Å². The lowest BCUT2D eigenvalue weighted by atomic mass is 9.86. The Morgan fingerprint density at radius 3 is 2.40 bits per heavy atom. The lowest BCUT2D eigenvalue weighted by Crippen LogP contribution is -2.51. The highest BCUT2D eigenvalue weighted by Gasteiger charge is 2.37. The van der Waals surface area contributed by atoms with Crippen LogP contribution in [-0.4, -0.2) is 40.6 Å². The lowest BCUT2D eigenvalue weighted by molar-refractivity contribution is -0.135. The van der Waals surface area contributed by atoms with Gasteiger partial charge in [0.15, 0.2) is 0 Å². The number of aliphatic hydroxyl groups is 1. The van der Waals surface area contributed by atoms with Crippen LogP contribution in [-0.2, 0) is 4.79 Å². The fraction of sp³-hybridized carbons (Fsp3) is 0.909. The molecule has 1 aliphatic heterocycles. The molecule has 15 heavy (non-hydrogen) atoms. The van der Waals surface area contributed by atoms with Gasteiger partial charge in [0.25, 0.3) is 0 Å². The molecule has 1 aliphatic rings. The summed E-state index contributed by atoms with van der Waals surface area (Å²) in [5.41, 5.74) is 5.68. The number of β-amino-alcohol motifs (C(OH)–C–C–N with tert-alkyl or cyclic N) is 1. The third-order valence-corrected chi connectivity index (χ3v) is 3.03. The normalized spacial score (nSPS) is 29.3. The predicted octanol–water partition coefficient (Wildman–Crippen LogP) is 0.341. The molecule has 3 N–H and O–H groups in total. The molecule has 0 spiro atoms. The Labute approximate surface area is 91.4 Å². The van der Waals surface area contributed by atoms with E-state index in [1.54, 1.807) is 4.90 Å². The van der Waals surface area contributed by atoms with Crippen molar-refractivity contribution in [2.24, 2.45) is 11.1 Å². The number of rotatable bonds is 1. The van der Waals surface area contributed by atoms with Gasteiger partial charge in [-0.15, -0.1) is 0 Å². The van der Waals surface area contributed by atoms with Crippen LogP contribution in [0, 0.1) is 5.41 Å². The van der Waals surface area contributed by atoms with Crippen LogP contribution >= 0.6 is 0 Å². The summed E-state index contributed by atoms with van der Waals surface area (Å²) in [6, 6.07) is -0.397. The average Bonchev–Trinajstić information content (AvgIpc) is 2.41. The zero-order chi connectivity index (χ0) is 11.8. The van der Waals surface area contributed by atoms with Gasteiger partial charge in [0, 0.05) is 12.6 Å². The van der Waals surface area contributed by atoms with Crippen molar-refractivity contribution in [3.8, 4) is 0 Å². The number of carbonyl (C=O) groups excluding carboxylic acids is 1. The molecule has 1 fully saturated rings. The van der Waals surface area contributed by atoms with Crippen LogP contribution in [0.5, 0.6) is 0 Å². The van der Waals surface area contributed by atoms with Crippen LogP contribution in [0.2, 0.25) is 0 Å². The number of carbonyl (C=O) groups is 1. The van der Waals surface area contributed by atoms with Crippen LogP contribution in [0.15, 0.2) is 0 Å². The summed E-state index contributed by atoms with van der Waals surface area (Å²) in [4.78, 5) is 13.7. The van der Waals surface area contributed by atoms with E-state index in [-0.39, 0.29) is 17.4 Å². The van der Waals surface area contributed by atoms with E-state index in [4.69, 9.17) is 5.73 Å². The molecule has 0 aromatic carbocycles. The summed E-state index contributed by atoms with van der Waals surface area (Å²) in [6.07, 6.45) is 0.263. The quantitative estimate of drug-likeness (QED) is 0.661. The molecule has 1 rings (SSSR count). The molecule has 4 heteroatoms. The maximum absolute atomic E-state index is 12.0. The minimum Gasteiger partial charge on any atom is -0.391 e. The highest BCUT2D eigenvalue weighted by molar-refractivity contribution is 5.83. The summed E-state index contributed by atoms with van der Waals surface area (Å²) in [7, 11) is 0. The lowest BCUT2D eigenvalue weighted by Gasteiger charge is -2.31. The standard InChI is InChI=1S/C11H22N2O2/c1-7-5-8(14)6-13(7)10(15)9(12)11(2,3)4/h7-9,14H,5-6,12H2,1-4H3. The molecule has 0 radical (unpaired) electrons. The second-order valence-corrected chi connectivity index (χ2v) is 5.57. The van der Waals surface area contributed by atoms with E-state index in [1.165, 1.54) is 0 Å². The second-order valence-electron chi connectivity index (χ2n) is 5.57. The van der Waals surface area contributed by atoms with Crippen molar-refractivity contribution in [2.45, 2.75) is 52.3 Å². The number of hydrogen-bond acceptors (Lipinski definition) is 3. The molecule has 1 amide bonds. The van der Waals surface area contributed by atoms with Crippen LogP contribution in [0.3, 0.4) is 0 Å². The van der Waals surface area contributed by atoms with Gasteiger partial charge in [-0.05, 0) is 18.8 Å². The Morgan fingerprint density at radius 2 is 2.07 bits per heavy atom. The molecule has 3 unspecified atom stereocenters. The molecule has 0 saturated carbocycles. The minimum atomic E-state index is -0.495. The smallest absolute Gasteiger partial charge is 0.240 e. The average molecular weight is 214 g/mol.